The van der Waals surface area contributed by atoms with Crippen LogP contribution in [-0.2, 0) is 0 Å². The highest BCUT2D eigenvalue weighted by Crippen LogP contribution is 2.25. The van der Waals surface area contributed by atoms with Crippen molar-refractivity contribution in [3.63, 3.8) is 0 Å². The van der Waals surface area contributed by atoms with Crippen LogP contribution in [0.15, 0.2) is 30.7 Å². The molecular formula is C14H14F3N3. The molecular weight excluding hydrogens is 267 g/mol. The first-order valence-electron chi connectivity index (χ1n) is 6.27. The highest BCUT2D eigenvalue weighted by molar-refractivity contribution is 5.29. The first kappa shape index (κ1) is 14.5. The van der Waals surface area contributed by atoms with Gasteiger partial charge in [-0.1, -0.05) is 13.0 Å². The molecule has 0 radical (unpaired) electrons. The number of nitrogens with one attached hydrogen (secondary N) is 1. The maximum Gasteiger partial charge on any atom is 0.194 e. The Morgan fingerprint density at radius 1 is 1.15 bits per heavy atom. The standard InChI is InChI=1S/C14H14F3N3/c1-2-5-20-14(11-8-18-6-7-19-11)9-3-4-10(15)13(17)12(9)16/h3-4,6-8,14,20H,2,5H2,1H3. The maximum atomic E-state index is 13.9. The Balaban J connectivity index is 2.44. The van der Waals surface area contributed by atoms with Crippen molar-refractivity contribution >= 4 is 0 Å². The van der Waals surface area contributed by atoms with Gasteiger partial charge in [0.1, 0.15) is 0 Å². The molecule has 1 aromatic carbocycles. The number of benzene rings is 1. The van der Waals surface area contributed by atoms with E-state index in [0.29, 0.717) is 12.2 Å². The van der Waals surface area contributed by atoms with Crippen LogP contribution in [0.1, 0.15) is 30.6 Å². The molecule has 20 heavy (non-hydrogen) atoms. The van der Waals surface area contributed by atoms with E-state index < -0.39 is 23.5 Å². The molecule has 3 nitrogen and oxygen atoms in total. The first-order chi connectivity index (χ1) is 9.65. The monoisotopic (exact) mass is 281 g/mol. The predicted octanol–water partition coefficient (Wildman–Crippen LogP) is 2.98. The molecule has 1 heterocycles. The number of nitrogens with zero attached hydrogens (tertiary/aromatic N) is 2. The summed E-state index contributed by atoms with van der Waals surface area (Å²) < 4.78 is 40.3. The van der Waals surface area contributed by atoms with Gasteiger partial charge in [-0.05, 0) is 19.0 Å². The molecule has 0 aliphatic rings. The predicted molar refractivity (Wildman–Crippen MR) is 68.5 cm³/mol. The highest BCUT2D eigenvalue weighted by atomic mass is 19.2. The Morgan fingerprint density at radius 3 is 2.60 bits per heavy atom. The topological polar surface area (TPSA) is 37.8 Å². The van der Waals surface area contributed by atoms with Gasteiger partial charge < -0.3 is 5.32 Å². The van der Waals surface area contributed by atoms with Gasteiger partial charge in [0.25, 0.3) is 0 Å². The third-order valence-electron chi connectivity index (χ3n) is 2.85. The molecule has 2 rings (SSSR count). The van der Waals surface area contributed by atoms with Crippen LogP contribution in [0.4, 0.5) is 13.2 Å². The van der Waals surface area contributed by atoms with Crippen molar-refractivity contribution in [3.05, 3.63) is 59.4 Å². The first-order valence-corrected chi connectivity index (χ1v) is 6.27. The molecule has 0 bridgehead atoms. The fourth-order valence-corrected chi connectivity index (χ4v) is 1.89. The minimum absolute atomic E-state index is 0.0119. The number of halogens is 3. The number of aromatic nitrogens is 2. The third-order valence-corrected chi connectivity index (χ3v) is 2.85. The summed E-state index contributed by atoms with van der Waals surface area (Å²) in [6.07, 6.45) is 5.23. The van der Waals surface area contributed by atoms with Gasteiger partial charge in [-0.15, -0.1) is 0 Å². The van der Waals surface area contributed by atoms with Crippen molar-refractivity contribution in [2.45, 2.75) is 19.4 Å². The Labute approximate surface area is 114 Å². The van der Waals surface area contributed by atoms with E-state index in [4.69, 9.17) is 0 Å². The van der Waals surface area contributed by atoms with E-state index in [9.17, 15) is 13.2 Å². The summed E-state index contributed by atoms with van der Waals surface area (Å²) >= 11 is 0. The Morgan fingerprint density at radius 2 is 1.95 bits per heavy atom. The summed E-state index contributed by atoms with van der Waals surface area (Å²) in [6.45, 7) is 2.53. The zero-order chi connectivity index (χ0) is 14.5. The lowest BCUT2D eigenvalue weighted by atomic mass is 10.0. The van der Waals surface area contributed by atoms with E-state index in [0.717, 1.165) is 12.5 Å². The quantitative estimate of drug-likeness (QED) is 0.856. The van der Waals surface area contributed by atoms with Gasteiger partial charge in [-0.25, -0.2) is 13.2 Å². The smallest absolute Gasteiger partial charge is 0.194 e. The van der Waals surface area contributed by atoms with Crippen LogP contribution < -0.4 is 5.32 Å². The lowest BCUT2D eigenvalue weighted by Gasteiger charge is -2.19. The molecule has 6 heteroatoms. The van der Waals surface area contributed by atoms with E-state index in [-0.39, 0.29) is 5.56 Å². The van der Waals surface area contributed by atoms with E-state index in [1.807, 2.05) is 6.92 Å². The van der Waals surface area contributed by atoms with E-state index in [1.54, 1.807) is 0 Å². The molecule has 1 atom stereocenters. The van der Waals surface area contributed by atoms with Crippen molar-refractivity contribution in [3.8, 4) is 0 Å². The van der Waals surface area contributed by atoms with Crippen LogP contribution in [0.2, 0.25) is 0 Å². The number of rotatable bonds is 5. The zero-order valence-corrected chi connectivity index (χ0v) is 10.9. The normalized spacial score (nSPS) is 12.4. The minimum Gasteiger partial charge on any atom is -0.305 e. The van der Waals surface area contributed by atoms with Gasteiger partial charge in [-0.3, -0.25) is 9.97 Å². The van der Waals surface area contributed by atoms with Crippen LogP contribution in [0, 0.1) is 17.5 Å². The van der Waals surface area contributed by atoms with Gasteiger partial charge >= 0.3 is 0 Å². The highest BCUT2D eigenvalue weighted by Gasteiger charge is 2.22. The summed E-state index contributed by atoms with van der Waals surface area (Å²) in [5, 5.41) is 3.06. The van der Waals surface area contributed by atoms with E-state index >= 15 is 0 Å². The second-order valence-corrected chi connectivity index (χ2v) is 4.28. The fourth-order valence-electron chi connectivity index (χ4n) is 1.89. The Kier molecular flexibility index (Phi) is 4.68. The van der Waals surface area contributed by atoms with Crippen molar-refractivity contribution in [2.75, 3.05) is 6.54 Å². The SMILES string of the molecule is CCCNC(c1cnccn1)c1ccc(F)c(F)c1F. The number of hydrogen-bond acceptors (Lipinski definition) is 3. The number of hydrogen-bond donors (Lipinski definition) is 1. The maximum absolute atomic E-state index is 13.9. The molecule has 1 unspecified atom stereocenters. The lowest BCUT2D eigenvalue weighted by molar-refractivity contribution is 0.431. The third kappa shape index (κ3) is 2.96. The lowest BCUT2D eigenvalue weighted by Crippen LogP contribution is -2.25. The van der Waals surface area contributed by atoms with Crippen LogP contribution in [0.3, 0.4) is 0 Å². The van der Waals surface area contributed by atoms with Crippen LogP contribution in [0.25, 0.3) is 0 Å². The van der Waals surface area contributed by atoms with Crippen LogP contribution in [0.5, 0.6) is 0 Å². The second-order valence-electron chi connectivity index (χ2n) is 4.28. The van der Waals surface area contributed by atoms with Crippen molar-refractivity contribution in [1.29, 1.82) is 0 Å². The van der Waals surface area contributed by atoms with Crippen molar-refractivity contribution in [1.82, 2.24) is 15.3 Å². The van der Waals surface area contributed by atoms with Crippen molar-refractivity contribution in [2.24, 2.45) is 0 Å². The van der Waals surface area contributed by atoms with Gasteiger partial charge in [-0.2, -0.15) is 0 Å². The molecule has 0 aliphatic heterocycles. The van der Waals surface area contributed by atoms with Gasteiger partial charge in [0.15, 0.2) is 17.5 Å². The van der Waals surface area contributed by atoms with Gasteiger partial charge in [0.2, 0.25) is 0 Å². The van der Waals surface area contributed by atoms with Crippen molar-refractivity contribution < 1.29 is 13.2 Å². The Hall–Kier alpha value is -1.95. The fraction of sp³-hybridized carbons (Fsp3) is 0.286. The van der Waals surface area contributed by atoms with E-state index in [2.05, 4.69) is 15.3 Å². The van der Waals surface area contributed by atoms with E-state index in [1.165, 1.54) is 24.7 Å². The molecule has 0 amide bonds. The molecule has 2 aromatic rings. The zero-order valence-electron chi connectivity index (χ0n) is 10.9. The molecule has 106 valence electrons. The molecule has 0 saturated heterocycles. The summed E-state index contributed by atoms with van der Waals surface area (Å²) in [5.41, 5.74) is 0.462. The molecule has 0 spiro atoms. The average molecular weight is 281 g/mol. The summed E-state index contributed by atoms with van der Waals surface area (Å²) in [4.78, 5) is 8.01. The largest absolute Gasteiger partial charge is 0.305 e. The van der Waals surface area contributed by atoms with Crippen LogP contribution in [-0.4, -0.2) is 16.5 Å². The summed E-state index contributed by atoms with van der Waals surface area (Å²) in [6, 6.07) is 1.46. The Bertz CT molecular complexity index is 575. The average Bonchev–Trinajstić information content (AvgIpc) is 2.48. The summed E-state index contributed by atoms with van der Waals surface area (Å²) in [5.74, 6) is -3.89. The van der Waals surface area contributed by atoms with Crippen LogP contribution >= 0.6 is 0 Å². The molecule has 1 aromatic heterocycles. The molecule has 0 fully saturated rings. The molecule has 1 N–H and O–H groups in total. The molecule has 0 aliphatic carbocycles. The minimum atomic E-state index is -1.48. The van der Waals surface area contributed by atoms with Gasteiger partial charge in [0.05, 0.1) is 17.9 Å². The molecule has 0 saturated carbocycles. The summed E-state index contributed by atoms with van der Waals surface area (Å²) in [7, 11) is 0. The second kappa shape index (κ2) is 6.47. The van der Waals surface area contributed by atoms with Gasteiger partial charge in [0, 0.05) is 18.0 Å².